The predicted octanol–water partition coefficient (Wildman–Crippen LogP) is 6.17. The van der Waals surface area contributed by atoms with Crippen LogP contribution in [0.4, 0.5) is 8.78 Å². The molecule has 0 radical (unpaired) electrons. The Hall–Kier alpha value is -3.45. The summed E-state index contributed by atoms with van der Waals surface area (Å²) in [6.45, 7) is 4.43. The lowest BCUT2D eigenvalue weighted by molar-refractivity contribution is 0.515. The molecule has 0 spiro atoms. The largest absolute Gasteiger partial charge is 0.323 e. The van der Waals surface area contributed by atoms with E-state index in [0.717, 1.165) is 45.0 Å². The monoisotopic (exact) mass is 432 g/mol. The Labute approximate surface area is 181 Å². The summed E-state index contributed by atoms with van der Waals surface area (Å²) < 4.78 is 30.1. The van der Waals surface area contributed by atoms with Gasteiger partial charge in [0.15, 0.2) is 17.5 Å². The van der Waals surface area contributed by atoms with Crippen molar-refractivity contribution < 1.29 is 8.78 Å². The number of aryl methyl sites for hydroxylation is 1. The molecule has 154 valence electrons. The number of halogens is 2. The zero-order valence-corrected chi connectivity index (χ0v) is 17.8. The van der Waals surface area contributed by atoms with Crippen LogP contribution in [0.3, 0.4) is 0 Å². The molecular formula is C24H18F2N4S. The molecule has 3 aromatic heterocycles. The highest BCUT2D eigenvalue weighted by Crippen LogP contribution is 2.34. The Balaban J connectivity index is 1.71. The van der Waals surface area contributed by atoms with Gasteiger partial charge in [0.1, 0.15) is 5.52 Å². The van der Waals surface area contributed by atoms with E-state index in [2.05, 4.69) is 14.5 Å². The zero-order valence-electron chi connectivity index (χ0n) is 16.9. The van der Waals surface area contributed by atoms with Gasteiger partial charge >= 0.3 is 0 Å². The van der Waals surface area contributed by atoms with Gasteiger partial charge in [0, 0.05) is 22.8 Å². The van der Waals surface area contributed by atoms with Gasteiger partial charge in [-0.05, 0) is 37.6 Å². The first-order valence-corrected chi connectivity index (χ1v) is 10.7. The predicted molar refractivity (Wildman–Crippen MR) is 119 cm³/mol. The Morgan fingerprint density at radius 2 is 1.77 bits per heavy atom. The highest BCUT2D eigenvalue weighted by Gasteiger charge is 2.21. The Morgan fingerprint density at radius 3 is 2.52 bits per heavy atom. The minimum absolute atomic E-state index is 0.0362. The normalized spacial score (nSPS) is 11.4. The van der Waals surface area contributed by atoms with E-state index in [1.165, 1.54) is 17.5 Å². The van der Waals surface area contributed by atoms with E-state index in [-0.39, 0.29) is 5.52 Å². The molecule has 7 heteroatoms. The number of benzene rings is 2. The molecule has 0 amide bonds. The third-order valence-electron chi connectivity index (χ3n) is 5.44. The van der Waals surface area contributed by atoms with E-state index in [1.807, 2.05) is 50.2 Å². The molecule has 0 saturated carbocycles. The van der Waals surface area contributed by atoms with E-state index in [0.29, 0.717) is 11.9 Å². The summed E-state index contributed by atoms with van der Waals surface area (Å²) in [6.07, 6.45) is 1.52. The zero-order chi connectivity index (χ0) is 21.5. The van der Waals surface area contributed by atoms with E-state index >= 15 is 0 Å². The fourth-order valence-corrected chi connectivity index (χ4v) is 4.61. The van der Waals surface area contributed by atoms with Gasteiger partial charge in [-0.3, -0.25) is 4.98 Å². The van der Waals surface area contributed by atoms with Gasteiger partial charge in [0.05, 0.1) is 28.3 Å². The summed E-state index contributed by atoms with van der Waals surface area (Å²) in [7, 11) is 0. The maximum absolute atomic E-state index is 14.3. The summed E-state index contributed by atoms with van der Waals surface area (Å²) >= 11 is 1.54. The van der Waals surface area contributed by atoms with E-state index < -0.39 is 11.6 Å². The van der Waals surface area contributed by atoms with Crippen LogP contribution >= 0.6 is 11.3 Å². The van der Waals surface area contributed by atoms with Gasteiger partial charge in [-0.2, -0.15) is 0 Å². The molecule has 0 saturated heterocycles. The lowest BCUT2D eigenvalue weighted by Gasteiger charge is -2.12. The van der Waals surface area contributed by atoms with Crippen LogP contribution in [-0.2, 0) is 6.54 Å². The number of fused-ring (bicyclic) bond motifs is 1. The van der Waals surface area contributed by atoms with E-state index in [4.69, 9.17) is 4.98 Å². The lowest BCUT2D eigenvalue weighted by Crippen LogP contribution is -2.06. The van der Waals surface area contributed by atoms with Gasteiger partial charge < -0.3 is 4.57 Å². The third-order valence-corrected chi connectivity index (χ3v) is 6.36. The van der Waals surface area contributed by atoms with Gasteiger partial charge in [0.2, 0.25) is 0 Å². The molecule has 0 N–H and O–H groups in total. The summed E-state index contributed by atoms with van der Waals surface area (Å²) in [5, 5.41) is 0.586. The molecule has 31 heavy (non-hydrogen) atoms. The minimum atomic E-state index is -0.926. The van der Waals surface area contributed by atoms with Crippen LogP contribution in [0, 0.1) is 25.5 Å². The quantitative estimate of drug-likeness (QED) is 0.341. The summed E-state index contributed by atoms with van der Waals surface area (Å²) in [5.74, 6) is -1.02. The third kappa shape index (κ3) is 3.31. The fourth-order valence-electron chi connectivity index (χ4n) is 3.81. The highest BCUT2D eigenvalue weighted by molar-refractivity contribution is 7.13. The van der Waals surface area contributed by atoms with Crippen LogP contribution in [0.5, 0.6) is 0 Å². The summed E-state index contributed by atoms with van der Waals surface area (Å²) in [5.41, 5.74) is 6.49. The van der Waals surface area contributed by atoms with E-state index in [1.54, 1.807) is 11.6 Å². The number of nitrogens with zero attached hydrogens (tertiary/aromatic N) is 4. The van der Waals surface area contributed by atoms with Crippen molar-refractivity contribution in [2.75, 3.05) is 0 Å². The SMILES string of the molecule is Cc1ncsc1-c1nc(-c2ccccc2)c(C)n1Cc1ccnc2c(F)c(F)ccc12. The minimum Gasteiger partial charge on any atom is -0.323 e. The van der Waals surface area contributed by atoms with Gasteiger partial charge in [0.25, 0.3) is 0 Å². The molecule has 0 fully saturated rings. The molecule has 0 bridgehead atoms. The lowest BCUT2D eigenvalue weighted by atomic mass is 10.1. The van der Waals surface area contributed by atoms with Gasteiger partial charge in [-0.1, -0.05) is 30.3 Å². The average molecular weight is 432 g/mol. The summed E-state index contributed by atoms with van der Waals surface area (Å²) in [4.78, 5) is 14.4. The molecule has 2 aromatic carbocycles. The van der Waals surface area contributed by atoms with Crippen LogP contribution in [0.1, 0.15) is 17.0 Å². The van der Waals surface area contributed by atoms with Gasteiger partial charge in [-0.25, -0.2) is 18.7 Å². The molecule has 4 nitrogen and oxygen atoms in total. The smallest absolute Gasteiger partial charge is 0.184 e. The number of rotatable bonds is 4. The van der Waals surface area contributed by atoms with Crippen LogP contribution < -0.4 is 0 Å². The molecule has 0 aliphatic heterocycles. The first kappa shape index (κ1) is 19.5. The fraction of sp³-hybridized carbons (Fsp3) is 0.125. The van der Waals surface area contributed by atoms with Crippen molar-refractivity contribution in [3.05, 3.63) is 88.8 Å². The molecule has 0 unspecified atom stereocenters. The van der Waals surface area contributed by atoms with Crippen molar-refractivity contribution >= 4 is 22.2 Å². The van der Waals surface area contributed by atoms with Gasteiger partial charge in [-0.15, -0.1) is 11.3 Å². The Bertz CT molecular complexity index is 1410. The second kappa shape index (κ2) is 7.67. The molecule has 5 rings (SSSR count). The Kier molecular flexibility index (Phi) is 4.82. The molecule has 3 heterocycles. The van der Waals surface area contributed by atoms with Crippen molar-refractivity contribution in [2.24, 2.45) is 0 Å². The summed E-state index contributed by atoms with van der Waals surface area (Å²) in [6, 6.07) is 14.6. The topological polar surface area (TPSA) is 43.6 Å². The highest BCUT2D eigenvalue weighted by atomic mass is 32.1. The number of aromatic nitrogens is 4. The number of hydrogen-bond acceptors (Lipinski definition) is 4. The number of thiazole rings is 1. The van der Waals surface area contributed by atoms with Crippen LogP contribution in [0.25, 0.3) is 32.9 Å². The average Bonchev–Trinajstić information content (AvgIpc) is 3.35. The molecule has 0 atom stereocenters. The van der Waals surface area contributed by atoms with Crippen molar-refractivity contribution in [3.8, 4) is 22.0 Å². The Morgan fingerprint density at radius 1 is 0.968 bits per heavy atom. The number of pyridine rings is 1. The van der Waals surface area contributed by atoms with E-state index in [9.17, 15) is 8.78 Å². The van der Waals surface area contributed by atoms with Crippen molar-refractivity contribution in [2.45, 2.75) is 20.4 Å². The molecule has 5 aromatic rings. The maximum Gasteiger partial charge on any atom is 0.184 e. The van der Waals surface area contributed by atoms with Crippen molar-refractivity contribution in [1.82, 2.24) is 19.5 Å². The van der Waals surface area contributed by atoms with Crippen molar-refractivity contribution in [3.63, 3.8) is 0 Å². The second-order valence-corrected chi connectivity index (χ2v) is 8.17. The molecular weight excluding hydrogens is 414 g/mol. The second-order valence-electron chi connectivity index (χ2n) is 7.32. The van der Waals surface area contributed by atoms with Crippen LogP contribution in [-0.4, -0.2) is 19.5 Å². The van der Waals surface area contributed by atoms with Crippen molar-refractivity contribution in [1.29, 1.82) is 0 Å². The van der Waals surface area contributed by atoms with Crippen LogP contribution in [0.2, 0.25) is 0 Å². The molecule has 0 aliphatic rings. The molecule has 0 aliphatic carbocycles. The van der Waals surface area contributed by atoms with Crippen LogP contribution in [0.15, 0.2) is 60.2 Å². The first-order valence-electron chi connectivity index (χ1n) is 9.79. The standard InChI is InChI=1S/C24H18F2N4S/c1-14-23(31-13-28-14)24-29-21(16-6-4-3-5-7-16)15(2)30(24)12-17-10-11-27-22-18(17)8-9-19(25)20(22)26/h3-11,13H,12H2,1-2H3. The number of hydrogen-bond donors (Lipinski definition) is 0. The maximum atomic E-state index is 14.3. The number of imidazole rings is 1. The first-order chi connectivity index (χ1) is 15.0.